The lowest BCUT2D eigenvalue weighted by atomic mass is 9.90. The van der Waals surface area contributed by atoms with E-state index in [1.165, 1.54) is 24.3 Å². The standard InChI is InChI=1S/C22H28FN3O3/c1-26(17-7-3-15(23)4-8-17)18-9-5-16(6-10-18)25-13-21(28)14-2-11-20(27)19(12-14)22(24)29/h2-4,7-8,11-12,16,18,21,25,27-28H,5-6,9-10,13H2,1H3,(H2,24,29)/t16-,18+,21?. The number of benzene rings is 2. The number of aliphatic hydroxyl groups excluding tert-OH is 1. The molecule has 0 bridgehead atoms. The van der Waals surface area contributed by atoms with E-state index < -0.39 is 12.0 Å². The number of hydrogen-bond donors (Lipinski definition) is 4. The molecule has 0 saturated heterocycles. The predicted octanol–water partition coefficient (Wildman–Crippen LogP) is 2.70. The average Bonchev–Trinajstić information content (AvgIpc) is 2.72. The van der Waals surface area contributed by atoms with Gasteiger partial charge in [0.2, 0.25) is 0 Å². The second kappa shape index (κ2) is 9.24. The van der Waals surface area contributed by atoms with Gasteiger partial charge in [0, 0.05) is 31.4 Å². The van der Waals surface area contributed by atoms with E-state index in [9.17, 15) is 19.4 Å². The summed E-state index contributed by atoms with van der Waals surface area (Å²) in [6, 6.07) is 11.6. The molecule has 3 rings (SSSR count). The number of nitrogens with zero attached hydrogens (tertiary/aromatic N) is 1. The van der Waals surface area contributed by atoms with Gasteiger partial charge in [-0.15, -0.1) is 0 Å². The van der Waals surface area contributed by atoms with Crippen LogP contribution in [0, 0.1) is 5.82 Å². The maximum absolute atomic E-state index is 13.1. The molecule has 5 N–H and O–H groups in total. The number of rotatable bonds is 7. The Morgan fingerprint density at radius 3 is 2.48 bits per heavy atom. The molecule has 1 fully saturated rings. The second-order valence-corrected chi connectivity index (χ2v) is 7.66. The summed E-state index contributed by atoms with van der Waals surface area (Å²) in [6.07, 6.45) is 3.17. The van der Waals surface area contributed by atoms with Crippen molar-refractivity contribution in [2.75, 3.05) is 18.5 Å². The third kappa shape index (κ3) is 5.25. The first-order chi connectivity index (χ1) is 13.8. The molecule has 1 saturated carbocycles. The summed E-state index contributed by atoms with van der Waals surface area (Å²) in [4.78, 5) is 13.5. The molecule has 0 spiro atoms. The largest absolute Gasteiger partial charge is 0.507 e. The van der Waals surface area contributed by atoms with Crippen LogP contribution in [0.25, 0.3) is 0 Å². The lowest BCUT2D eigenvalue weighted by molar-refractivity contribution is 0.0997. The van der Waals surface area contributed by atoms with Crippen LogP contribution in [0.5, 0.6) is 5.75 Å². The molecule has 156 valence electrons. The Bertz CT molecular complexity index is 836. The quantitative estimate of drug-likeness (QED) is 0.572. The van der Waals surface area contributed by atoms with Crippen molar-refractivity contribution in [3.63, 3.8) is 0 Å². The minimum Gasteiger partial charge on any atom is -0.507 e. The zero-order valence-electron chi connectivity index (χ0n) is 16.5. The van der Waals surface area contributed by atoms with Crippen molar-refractivity contribution in [1.29, 1.82) is 0 Å². The molecule has 7 heteroatoms. The Hall–Kier alpha value is -2.64. The van der Waals surface area contributed by atoms with Crippen LogP contribution in [0.3, 0.4) is 0 Å². The normalized spacial score (nSPS) is 20.2. The van der Waals surface area contributed by atoms with Gasteiger partial charge in [-0.25, -0.2) is 4.39 Å². The van der Waals surface area contributed by atoms with E-state index in [4.69, 9.17) is 5.73 Å². The molecule has 2 aromatic carbocycles. The fraction of sp³-hybridized carbons (Fsp3) is 0.409. The van der Waals surface area contributed by atoms with Crippen molar-refractivity contribution in [1.82, 2.24) is 5.32 Å². The van der Waals surface area contributed by atoms with Crippen molar-refractivity contribution < 1.29 is 19.4 Å². The zero-order valence-corrected chi connectivity index (χ0v) is 16.5. The van der Waals surface area contributed by atoms with Crippen molar-refractivity contribution in [2.45, 2.75) is 43.9 Å². The monoisotopic (exact) mass is 401 g/mol. The summed E-state index contributed by atoms with van der Waals surface area (Å²) < 4.78 is 13.1. The number of primary amides is 1. The molecule has 1 aliphatic carbocycles. The highest BCUT2D eigenvalue weighted by Gasteiger charge is 2.25. The van der Waals surface area contributed by atoms with Gasteiger partial charge in [-0.1, -0.05) is 6.07 Å². The molecule has 29 heavy (non-hydrogen) atoms. The first kappa shape index (κ1) is 21.1. The molecule has 0 heterocycles. The number of aromatic hydroxyl groups is 1. The van der Waals surface area contributed by atoms with Gasteiger partial charge in [-0.2, -0.15) is 0 Å². The van der Waals surface area contributed by atoms with E-state index in [-0.39, 0.29) is 17.1 Å². The van der Waals surface area contributed by atoms with Crippen molar-refractivity contribution >= 4 is 11.6 Å². The number of nitrogens with one attached hydrogen (secondary N) is 1. The Labute approximate surface area is 170 Å². The minimum absolute atomic E-state index is 0.00545. The molecule has 2 aromatic rings. The van der Waals surface area contributed by atoms with Crippen LogP contribution in [0.15, 0.2) is 42.5 Å². The molecule has 1 aliphatic rings. The highest BCUT2D eigenvalue weighted by atomic mass is 19.1. The Morgan fingerprint density at radius 1 is 1.21 bits per heavy atom. The topological polar surface area (TPSA) is 98.8 Å². The third-order valence-corrected chi connectivity index (χ3v) is 5.75. The Balaban J connectivity index is 1.49. The molecule has 1 atom stereocenters. The van der Waals surface area contributed by atoms with Gasteiger partial charge >= 0.3 is 0 Å². The predicted molar refractivity (Wildman–Crippen MR) is 110 cm³/mol. The molecule has 0 aromatic heterocycles. The number of halogens is 1. The molecular weight excluding hydrogens is 373 g/mol. The van der Waals surface area contributed by atoms with Gasteiger partial charge in [0.15, 0.2) is 0 Å². The van der Waals surface area contributed by atoms with Gasteiger partial charge in [0.05, 0.1) is 11.7 Å². The van der Waals surface area contributed by atoms with E-state index in [1.54, 1.807) is 18.2 Å². The maximum Gasteiger partial charge on any atom is 0.252 e. The van der Waals surface area contributed by atoms with Crippen molar-refractivity contribution in [3.8, 4) is 5.75 Å². The number of carbonyl (C=O) groups excluding carboxylic acids is 1. The third-order valence-electron chi connectivity index (χ3n) is 5.75. The minimum atomic E-state index is -0.798. The first-order valence-corrected chi connectivity index (χ1v) is 9.87. The molecule has 6 nitrogen and oxygen atoms in total. The summed E-state index contributed by atoms with van der Waals surface area (Å²) in [5, 5.41) is 23.5. The van der Waals surface area contributed by atoms with Gasteiger partial charge in [-0.3, -0.25) is 4.79 Å². The smallest absolute Gasteiger partial charge is 0.252 e. The number of phenols is 1. The van der Waals surface area contributed by atoms with E-state index >= 15 is 0 Å². The summed E-state index contributed by atoms with van der Waals surface area (Å²) in [7, 11) is 2.04. The van der Waals surface area contributed by atoms with Crippen LogP contribution in [0.1, 0.15) is 47.7 Å². The van der Waals surface area contributed by atoms with Gasteiger partial charge in [-0.05, 0) is 67.6 Å². The summed E-state index contributed by atoms with van der Waals surface area (Å²) >= 11 is 0. The van der Waals surface area contributed by atoms with E-state index in [2.05, 4.69) is 10.2 Å². The summed E-state index contributed by atoms with van der Waals surface area (Å²) in [5.74, 6) is -1.15. The summed E-state index contributed by atoms with van der Waals surface area (Å²) in [6.45, 7) is 0.353. The van der Waals surface area contributed by atoms with Gasteiger partial charge in [0.1, 0.15) is 11.6 Å². The fourth-order valence-electron chi connectivity index (χ4n) is 3.91. The molecule has 0 radical (unpaired) electrons. The van der Waals surface area contributed by atoms with Crippen molar-refractivity contribution in [3.05, 3.63) is 59.4 Å². The Kier molecular flexibility index (Phi) is 6.71. The lowest BCUT2D eigenvalue weighted by Gasteiger charge is -2.36. The van der Waals surface area contributed by atoms with Gasteiger partial charge < -0.3 is 26.2 Å². The second-order valence-electron chi connectivity index (χ2n) is 7.66. The summed E-state index contributed by atoms with van der Waals surface area (Å²) in [5.41, 5.74) is 6.79. The lowest BCUT2D eigenvalue weighted by Crippen LogP contribution is -2.42. The molecular formula is C22H28FN3O3. The van der Waals surface area contributed by atoms with Crippen LogP contribution < -0.4 is 16.0 Å². The number of aliphatic hydroxyl groups is 1. The SMILES string of the molecule is CN(c1ccc(F)cc1)[C@H]1CC[C@@H](NCC(O)c2ccc(O)c(C(N)=O)c2)CC1. The van der Waals surface area contributed by atoms with Crippen LogP contribution in [0.2, 0.25) is 0 Å². The highest BCUT2D eigenvalue weighted by Crippen LogP contribution is 2.27. The van der Waals surface area contributed by atoms with E-state index in [1.807, 2.05) is 7.05 Å². The first-order valence-electron chi connectivity index (χ1n) is 9.87. The zero-order chi connectivity index (χ0) is 21.0. The Morgan fingerprint density at radius 2 is 1.86 bits per heavy atom. The highest BCUT2D eigenvalue weighted by molar-refractivity contribution is 5.95. The van der Waals surface area contributed by atoms with Crippen LogP contribution in [0.4, 0.5) is 10.1 Å². The number of hydrogen-bond acceptors (Lipinski definition) is 5. The number of carbonyl (C=O) groups is 1. The fourth-order valence-corrected chi connectivity index (χ4v) is 3.91. The van der Waals surface area contributed by atoms with Crippen LogP contribution >= 0.6 is 0 Å². The van der Waals surface area contributed by atoms with Gasteiger partial charge in [0.25, 0.3) is 5.91 Å². The number of anilines is 1. The number of nitrogens with two attached hydrogens (primary N) is 1. The van der Waals surface area contributed by atoms with Crippen molar-refractivity contribution in [2.24, 2.45) is 5.73 Å². The molecule has 1 amide bonds. The van der Waals surface area contributed by atoms with Crippen LogP contribution in [-0.2, 0) is 0 Å². The van der Waals surface area contributed by atoms with E-state index in [0.29, 0.717) is 24.2 Å². The average molecular weight is 401 g/mol. The van der Waals surface area contributed by atoms with E-state index in [0.717, 1.165) is 31.4 Å². The number of amides is 1. The van der Waals surface area contributed by atoms with Crippen LogP contribution in [-0.4, -0.2) is 41.8 Å². The molecule has 1 unspecified atom stereocenters. The molecule has 0 aliphatic heterocycles. The maximum atomic E-state index is 13.1.